The van der Waals surface area contributed by atoms with E-state index in [4.69, 9.17) is 0 Å². The van der Waals surface area contributed by atoms with Gasteiger partial charge in [-0.2, -0.15) is 0 Å². The third-order valence-electron chi connectivity index (χ3n) is 5.41. The SMILES string of the molecule is CC(C)=CCN1CCC(NC(=O)c2ccc(S(=O)(=O)Nc3ccc(C)cc3)cc2)CC1. The lowest BCUT2D eigenvalue weighted by atomic mass is 10.0. The highest BCUT2D eigenvalue weighted by Crippen LogP contribution is 2.18. The second-order valence-corrected chi connectivity index (χ2v) is 10.0. The fourth-order valence-electron chi connectivity index (χ4n) is 3.46. The summed E-state index contributed by atoms with van der Waals surface area (Å²) in [5, 5.41) is 3.08. The number of hydrogen-bond donors (Lipinski definition) is 2. The molecule has 0 spiro atoms. The Morgan fingerprint density at radius 3 is 2.23 bits per heavy atom. The highest BCUT2D eigenvalue weighted by molar-refractivity contribution is 7.92. The number of carbonyl (C=O) groups is 1. The monoisotopic (exact) mass is 441 g/mol. The maximum Gasteiger partial charge on any atom is 0.261 e. The molecule has 1 amide bonds. The fourth-order valence-corrected chi connectivity index (χ4v) is 4.52. The zero-order valence-electron chi connectivity index (χ0n) is 18.4. The Bertz CT molecular complexity index is 1020. The van der Waals surface area contributed by atoms with Crippen molar-refractivity contribution in [3.63, 3.8) is 0 Å². The summed E-state index contributed by atoms with van der Waals surface area (Å²) >= 11 is 0. The van der Waals surface area contributed by atoms with Gasteiger partial charge in [0.1, 0.15) is 0 Å². The molecule has 6 nitrogen and oxygen atoms in total. The summed E-state index contributed by atoms with van der Waals surface area (Å²) in [6.07, 6.45) is 4.05. The van der Waals surface area contributed by atoms with E-state index in [9.17, 15) is 13.2 Å². The largest absolute Gasteiger partial charge is 0.349 e. The summed E-state index contributed by atoms with van der Waals surface area (Å²) in [6.45, 7) is 9.00. The molecule has 0 aliphatic carbocycles. The van der Waals surface area contributed by atoms with Crippen LogP contribution in [0.3, 0.4) is 0 Å². The van der Waals surface area contributed by atoms with Gasteiger partial charge in [0.05, 0.1) is 4.90 Å². The Balaban J connectivity index is 1.55. The number of allylic oxidation sites excluding steroid dienone is 1. The average Bonchev–Trinajstić information content (AvgIpc) is 2.75. The number of benzene rings is 2. The first-order chi connectivity index (χ1) is 14.7. The normalized spacial score (nSPS) is 15.3. The minimum Gasteiger partial charge on any atom is -0.349 e. The van der Waals surface area contributed by atoms with Gasteiger partial charge >= 0.3 is 0 Å². The third kappa shape index (κ3) is 6.67. The van der Waals surface area contributed by atoms with Gasteiger partial charge in [-0.05, 0) is 70.0 Å². The average molecular weight is 442 g/mol. The van der Waals surface area contributed by atoms with E-state index >= 15 is 0 Å². The molecule has 1 aliphatic rings. The van der Waals surface area contributed by atoms with Gasteiger partial charge in [0, 0.05) is 36.9 Å². The standard InChI is InChI=1S/C24H31N3O3S/c1-18(2)12-15-27-16-13-21(14-17-27)25-24(28)20-6-10-23(11-7-20)31(29,30)26-22-8-4-19(3)5-9-22/h4-12,21,26H,13-17H2,1-3H3,(H,25,28). The van der Waals surface area contributed by atoms with E-state index in [1.54, 1.807) is 24.3 Å². The molecular weight excluding hydrogens is 410 g/mol. The van der Waals surface area contributed by atoms with Gasteiger partial charge in [-0.3, -0.25) is 14.4 Å². The molecule has 0 radical (unpaired) electrons. The van der Waals surface area contributed by atoms with Crippen molar-refractivity contribution in [2.24, 2.45) is 0 Å². The lowest BCUT2D eigenvalue weighted by Gasteiger charge is -2.31. The molecule has 2 aromatic carbocycles. The molecule has 31 heavy (non-hydrogen) atoms. The molecule has 2 N–H and O–H groups in total. The number of carbonyl (C=O) groups excluding carboxylic acids is 1. The number of nitrogens with zero attached hydrogens (tertiary/aromatic N) is 1. The number of aryl methyl sites for hydroxylation is 1. The number of anilines is 1. The van der Waals surface area contributed by atoms with Gasteiger partial charge in [0.15, 0.2) is 0 Å². The van der Waals surface area contributed by atoms with Gasteiger partial charge < -0.3 is 5.32 Å². The second kappa shape index (κ2) is 10.1. The van der Waals surface area contributed by atoms with Crippen LogP contribution in [-0.2, 0) is 10.0 Å². The van der Waals surface area contributed by atoms with Gasteiger partial charge in [-0.15, -0.1) is 0 Å². The summed E-state index contributed by atoms with van der Waals surface area (Å²) in [6, 6.07) is 13.3. The number of hydrogen-bond acceptors (Lipinski definition) is 4. The van der Waals surface area contributed by atoms with E-state index in [0.29, 0.717) is 11.3 Å². The number of likely N-dealkylation sites (tertiary alicyclic amines) is 1. The molecule has 166 valence electrons. The van der Waals surface area contributed by atoms with E-state index in [-0.39, 0.29) is 16.8 Å². The van der Waals surface area contributed by atoms with Crippen molar-refractivity contribution in [1.29, 1.82) is 0 Å². The summed E-state index contributed by atoms with van der Waals surface area (Å²) in [4.78, 5) is 15.1. The highest BCUT2D eigenvalue weighted by atomic mass is 32.2. The van der Waals surface area contributed by atoms with Gasteiger partial charge in [0.2, 0.25) is 0 Å². The Morgan fingerprint density at radius 1 is 1.03 bits per heavy atom. The molecule has 0 atom stereocenters. The Labute approximate surface area is 185 Å². The fraction of sp³-hybridized carbons (Fsp3) is 0.375. The first-order valence-corrected chi connectivity index (χ1v) is 12.1. The van der Waals surface area contributed by atoms with Crippen molar-refractivity contribution in [3.05, 3.63) is 71.3 Å². The predicted octanol–water partition coefficient (Wildman–Crippen LogP) is 3.96. The highest BCUT2D eigenvalue weighted by Gasteiger charge is 2.21. The lowest BCUT2D eigenvalue weighted by molar-refractivity contribution is 0.0914. The van der Waals surface area contributed by atoms with Crippen LogP contribution in [0.5, 0.6) is 0 Å². The number of sulfonamides is 1. The van der Waals surface area contributed by atoms with Crippen LogP contribution in [0.15, 0.2) is 65.1 Å². The zero-order valence-corrected chi connectivity index (χ0v) is 19.2. The maximum atomic E-state index is 12.6. The maximum absolute atomic E-state index is 12.6. The number of piperidine rings is 1. The molecule has 1 aliphatic heterocycles. The van der Waals surface area contributed by atoms with E-state index in [2.05, 4.69) is 34.9 Å². The van der Waals surface area contributed by atoms with E-state index in [1.807, 2.05) is 19.1 Å². The van der Waals surface area contributed by atoms with Crippen molar-refractivity contribution in [2.75, 3.05) is 24.4 Å². The van der Waals surface area contributed by atoms with Crippen LogP contribution >= 0.6 is 0 Å². The minimum absolute atomic E-state index is 0.122. The van der Waals surface area contributed by atoms with Gasteiger partial charge in [-0.1, -0.05) is 29.3 Å². The quantitative estimate of drug-likeness (QED) is 0.638. The molecule has 0 unspecified atom stereocenters. The van der Waals surface area contributed by atoms with Crippen LogP contribution in [0.25, 0.3) is 0 Å². The topological polar surface area (TPSA) is 78.5 Å². The molecular formula is C24H31N3O3S. The molecule has 2 aromatic rings. The van der Waals surface area contributed by atoms with Gasteiger partial charge in [0.25, 0.3) is 15.9 Å². The van der Waals surface area contributed by atoms with E-state index < -0.39 is 10.0 Å². The van der Waals surface area contributed by atoms with E-state index in [0.717, 1.165) is 38.0 Å². The predicted molar refractivity (Wildman–Crippen MR) is 125 cm³/mol. The first-order valence-electron chi connectivity index (χ1n) is 10.6. The van der Waals surface area contributed by atoms with Crippen molar-refractivity contribution >= 4 is 21.6 Å². The van der Waals surface area contributed by atoms with Crippen molar-refractivity contribution in [3.8, 4) is 0 Å². The molecule has 1 fully saturated rings. The van der Waals surface area contributed by atoms with Crippen LogP contribution in [0.4, 0.5) is 5.69 Å². The molecule has 1 heterocycles. The van der Waals surface area contributed by atoms with Crippen molar-refractivity contribution in [1.82, 2.24) is 10.2 Å². The van der Waals surface area contributed by atoms with E-state index in [1.165, 1.54) is 17.7 Å². The molecule has 0 aromatic heterocycles. The number of amides is 1. The summed E-state index contributed by atoms with van der Waals surface area (Å²) in [5.41, 5.74) is 3.33. The Hall–Kier alpha value is -2.64. The molecule has 3 rings (SSSR count). The molecule has 1 saturated heterocycles. The van der Waals surface area contributed by atoms with Crippen molar-refractivity contribution < 1.29 is 13.2 Å². The summed E-state index contributed by atoms with van der Waals surface area (Å²) in [7, 11) is -3.71. The van der Waals surface area contributed by atoms with Crippen LogP contribution in [0.2, 0.25) is 0 Å². The summed E-state index contributed by atoms with van der Waals surface area (Å²) in [5.74, 6) is -0.168. The van der Waals surface area contributed by atoms with Crippen molar-refractivity contribution in [2.45, 2.75) is 44.6 Å². The van der Waals surface area contributed by atoms with Crippen LogP contribution in [0.1, 0.15) is 42.6 Å². The zero-order chi connectivity index (χ0) is 22.4. The number of rotatable bonds is 7. The summed E-state index contributed by atoms with van der Waals surface area (Å²) < 4.78 is 27.7. The number of nitrogens with one attached hydrogen (secondary N) is 2. The molecule has 0 bridgehead atoms. The van der Waals surface area contributed by atoms with Crippen LogP contribution in [0, 0.1) is 6.92 Å². The molecule has 7 heteroatoms. The third-order valence-corrected chi connectivity index (χ3v) is 6.81. The Kier molecular flexibility index (Phi) is 7.51. The smallest absolute Gasteiger partial charge is 0.261 e. The van der Waals surface area contributed by atoms with Crippen LogP contribution < -0.4 is 10.0 Å². The lowest BCUT2D eigenvalue weighted by Crippen LogP contribution is -2.44. The first kappa shape index (κ1) is 23.0. The van der Waals surface area contributed by atoms with Crippen LogP contribution in [-0.4, -0.2) is 44.9 Å². The van der Waals surface area contributed by atoms with Gasteiger partial charge in [-0.25, -0.2) is 8.42 Å². The minimum atomic E-state index is -3.71. The Morgan fingerprint density at radius 2 is 1.65 bits per heavy atom. The second-order valence-electron chi connectivity index (χ2n) is 8.33. The molecule has 0 saturated carbocycles.